The monoisotopic (exact) mass is 338 g/mol. The number of hydrogen-bond acceptors (Lipinski definition) is 1. The first-order valence-electron chi connectivity index (χ1n) is 10.3. The Morgan fingerprint density at radius 3 is 2.28 bits per heavy atom. The van der Waals surface area contributed by atoms with Crippen LogP contribution in [0.3, 0.4) is 0 Å². The van der Waals surface area contributed by atoms with Crippen LogP contribution in [0.4, 0.5) is 0 Å². The molecule has 1 nitrogen and oxygen atoms in total. The van der Waals surface area contributed by atoms with Crippen molar-refractivity contribution in [3.05, 3.63) is 59.7 Å². The molecule has 0 aliphatic heterocycles. The summed E-state index contributed by atoms with van der Waals surface area (Å²) in [4.78, 5) is 0. The summed E-state index contributed by atoms with van der Waals surface area (Å²) in [5.74, 6) is 3.00. The first-order chi connectivity index (χ1) is 12.3. The second-order valence-corrected chi connectivity index (χ2v) is 8.09. The summed E-state index contributed by atoms with van der Waals surface area (Å²) in [6, 6.07) is 8.44. The second-order valence-electron chi connectivity index (χ2n) is 8.09. The van der Waals surface area contributed by atoms with Crippen molar-refractivity contribution in [1.29, 1.82) is 0 Å². The molecule has 0 aromatic heterocycles. The average molecular weight is 339 g/mol. The van der Waals surface area contributed by atoms with Gasteiger partial charge in [-0.25, -0.2) is 0 Å². The van der Waals surface area contributed by atoms with Gasteiger partial charge in [0.2, 0.25) is 0 Å². The van der Waals surface area contributed by atoms with E-state index in [-0.39, 0.29) is 6.61 Å². The van der Waals surface area contributed by atoms with Crippen molar-refractivity contribution in [2.75, 3.05) is 0 Å². The van der Waals surface area contributed by atoms with Gasteiger partial charge in [0, 0.05) is 5.92 Å². The Bertz CT molecular complexity index is 560. The van der Waals surface area contributed by atoms with Crippen molar-refractivity contribution in [2.45, 2.75) is 70.8 Å². The van der Waals surface area contributed by atoms with Crippen LogP contribution in [0.25, 0.3) is 0 Å². The van der Waals surface area contributed by atoms with Gasteiger partial charge in [-0.15, -0.1) is 0 Å². The zero-order chi connectivity index (χ0) is 17.5. The number of allylic oxidation sites excluding steroid dienone is 4. The highest BCUT2D eigenvalue weighted by Crippen LogP contribution is 2.34. The molecule has 2 aliphatic rings. The van der Waals surface area contributed by atoms with Gasteiger partial charge in [-0.05, 0) is 67.4 Å². The van der Waals surface area contributed by atoms with Crippen LogP contribution in [0.1, 0.15) is 75.3 Å². The minimum Gasteiger partial charge on any atom is -0.392 e. The molecule has 1 fully saturated rings. The first-order valence-corrected chi connectivity index (χ1v) is 10.3. The smallest absolute Gasteiger partial charge is 0.0681 e. The topological polar surface area (TPSA) is 20.2 Å². The Balaban J connectivity index is 1.47. The van der Waals surface area contributed by atoms with E-state index in [9.17, 15) is 0 Å². The molecule has 25 heavy (non-hydrogen) atoms. The van der Waals surface area contributed by atoms with Gasteiger partial charge in [0.25, 0.3) is 0 Å². The summed E-state index contributed by atoms with van der Waals surface area (Å²) in [6.07, 6.45) is 20.7. The number of benzene rings is 1. The number of aliphatic hydroxyl groups excluding tert-OH is 1. The zero-order valence-electron chi connectivity index (χ0n) is 15.7. The lowest BCUT2D eigenvalue weighted by Gasteiger charge is -2.27. The molecule has 0 spiro atoms. The molecular formula is C24H34O. The van der Waals surface area contributed by atoms with E-state index in [1.165, 1.54) is 56.9 Å². The highest BCUT2D eigenvalue weighted by Gasteiger charge is 2.20. The van der Waals surface area contributed by atoms with E-state index in [0.717, 1.165) is 17.4 Å². The third-order valence-corrected chi connectivity index (χ3v) is 6.21. The standard InChI is InChI=1S/C24H34O/c1-2-3-19-4-6-20(7-5-19)8-9-21-10-14-23(15-11-21)24-16-12-22(18-25)13-17-24/h8-10,12-14,16-17,19-21,23,25H,2-7,11,15,18H2,1H3/b9-8+. The van der Waals surface area contributed by atoms with E-state index in [1.807, 2.05) is 12.1 Å². The van der Waals surface area contributed by atoms with Gasteiger partial charge in [-0.2, -0.15) is 0 Å². The molecule has 0 heterocycles. The molecular weight excluding hydrogens is 304 g/mol. The van der Waals surface area contributed by atoms with Crippen LogP contribution in [-0.2, 0) is 6.61 Å². The zero-order valence-corrected chi connectivity index (χ0v) is 15.7. The van der Waals surface area contributed by atoms with Crippen molar-refractivity contribution in [1.82, 2.24) is 0 Å². The van der Waals surface area contributed by atoms with E-state index >= 15 is 0 Å². The minimum absolute atomic E-state index is 0.133. The van der Waals surface area contributed by atoms with Crippen LogP contribution in [-0.4, -0.2) is 5.11 Å². The van der Waals surface area contributed by atoms with E-state index in [0.29, 0.717) is 11.8 Å². The molecule has 1 heteroatoms. The first kappa shape index (κ1) is 18.5. The van der Waals surface area contributed by atoms with Crippen molar-refractivity contribution in [3.8, 4) is 0 Å². The highest BCUT2D eigenvalue weighted by molar-refractivity contribution is 5.29. The number of hydrogen-bond donors (Lipinski definition) is 1. The van der Waals surface area contributed by atoms with E-state index in [1.54, 1.807) is 0 Å². The van der Waals surface area contributed by atoms with Gasteiger partial charge in [-0.1, -0.05) is 68.3 Å². The van der Waals surface area contributed by atoms with Crippen LogP contribution >= 0.6 is 0 Å². The highest BCUT2D eigenvalue weighted by atomic mass is 16.3. The SMILES string of the molecule is CCCC1CCC(/C=C/C2C=CC(c3ccc(CO)cc3)CC2)CC1. The summed E-state index contributed by atoms with van der Waals surface area (Å²) in [5, 5.41) is 9.16. The fourth-order valence-electron chi connectivity index (χ4n) is 4.53. The Kier molecular flexibility index (Phi) is 6.93. The molecule has 2 aliphatic carbocycles. The van der Waals surface area contributed by atoms with E-state index < -0.39 is 0 Å². The minimum atomic E-state index is 0.133. The molecule has 2 atom stereocenters. The van der Waals surface area contributed by atoms with Gasteiger partial charge < -0.3 is 5.11 Å². The maximum Gasteiger partial charge on any atom is 0.0681 e. The van der Waals surface area contributed by atoms with Crippen molar-refractivity contribution in [3.63, 3.8) is 0 Å². The Labute approximate surface area is 153 Å². The molecule has 3 rings (SSSR count). The average Bonchev–Trinajstić information content (AvgIpc) is 2.68. The Hall–Kier alpha value is -1.34. The maximum atomic E-state index is 9.16. The predicted molar refractivity (Wildman–Crippen MR) is 106 cm³/mol. The van der Waals surface area contributed by atoms with Crippen LogP contribution in [0.2, 0.25) is 0 Å². The van der Waals surface area contributed by atoms with Crippen molar-refractivity contribution in [2.24, 2.45) is 17.8 Å². The van der Waals surface area contributed by atoms with Crippen LogP contribution in [0.5, 0.6) is 0 Å². The Morgan fingerprint density at radius 1 is 0.920 bits per heavy atom. The molecule has 1 N–H and O–H groups in total. The van der Waals surface area contributed by atoms with Crippen LogP contribution in [0, 0.1) is 17.8 Å². The molecule has 0 bridgehead atoms. The normalized spacial score (nSPS) is 30.0. The predicted octanol–water partition coefficient (Wildman–Crippen LogP) is 6.39. The lowest BCUT2D eigenvalue weighted by Crippen LogP contribution is -2.13. The number of rotatable bonds is 6. The van der Waals surface area contributed by atoms with Gasteiger partial charge in [-0.3, -0.25) is 0 Å². The van der Waals surface area contributed by atoms with Gasteiger partial charge >= 0.3 is 0 Å². The second kappa shape index (κ2) is 9.38. The summed E-state index contributed by atoms with van der Waals surface area (Å²) in [5.41, 5.74) is 2.38. The van der Waals surface area contributed by atoms with E-state index in [2.05, 4.69) is 43.4 Å². The molecule has 0 radical (unpaired) electrons. The summed E-state index contributed by atoms with van der Waals surface area (Å²) < 4.78 is 0. The molecule has 0 saturated heterocycles. The summed E-state index contributed by atoms with van der Waals surface area (Å²) >= 11 is 0. The van der Waals surface area contributed by atoms with Gasteiger partial charge in [0.1, 0.15) is 0 Å². The summed E-state index contributed by atoms with van der Waals surface area (Å²) in [6.45, 7) is 2.45. The third-order valence-electron chi connectivity index (χ3n) is 6.21. The van der Waals surface area contributed by atoms with Crippen molar-refractivity contribution < 1.29 is 5.11 Å². The molecule has 1 aromatic rings. The van der Waals surface area contributed by atoms with Gasteiger partial charge in [0.05, 0.1) is 6.61 Å². The summed E-state index contributed by atoms with van der Waals surface area (Å²) in [7, 11) is 0. The van der Waals surface area contributed by atoms with E-state index in [4.69, 9.17) is 5.11 Å². The van der Waals surface area contributed by atoms with Crippen LogP contribution < -0.4 is 0 Å². The molecule has 0 amide bonds. The largest absolute Gasteiger partial charge is 0.392 e. The third kappa shape index (κ3) is 5.31. The molecule has 1 aromatic carbocycles. The number of aliphatic hydroxyl groups is 1. The molecule has 2 unspecified atom stereocenters. The van der Waals surface area contributed by atoms with Gasteiger partial charge in [0.15, 0.2) is 0 Å². The molecule has 136 valence electrons. The quantitative estimate of drug-likeness (QED) is 0.596. The fourth-order valence-corrected chi connectivity index (χ4v) is 4.53. The van der Waals surface area contributed by atoms with Crippen molar-refractivity contribution >= 4 is 0 Å². The fraction of sp³-hybridized carbons (Fsp3) is 0.583. The molecule has 1 saturated carbocycles. The lowest BCUT2D eigenvalue weighted by atomic mass is 9.79. The lowest BCUT2D eigenvalue weighted by molar-refractivity contribution is 0.282. The maximum absolute atomic E-state index is 9.16. The Morgan fingerprint density at radius 2 is 1.68 bits per heavy atom. The van der Waals surface area contributed by atoms with Crippen LogP contribution in [0.15, 0.2) is 48.6 Å².